The third-order valence-corrected chi connectivity index (χ3v) is 2.93. The number of carbonyl (C=O) groups excluding carboxylic acids is 1. The molecule has 0 radical (unpaired) electrons. The molecule has 14 heavy (non-hydrogen) atoms. The molecule has 0 spiro atoms. The van der Waals surface area contributed by atoms with Crippen molar-refractivity contribution in [1.29, 1.82) is 0 Å². The maximum atomic E-state index is 11.2. The Labute approximate surface area is 83.9 Å². The summed E-state index contributed by atoms with van der Waals surface area (Å²) in [5.41, 5.74) is -0.935. The predicted molar refractivity (Wildman–Crippen MR) is 51.8 cm³/mol. The van der Waals surface area contributed by atoms with Gasteiger partial charge in [-0.2, -0.15) is 0 Å². The SMILES string of the molecule is CC1CC(C(=O)O)(N(C=O)C(C)C)C1. The Morgan fingerprint density at radius 2 is 2.07 bits per heavy atom. The van der Waals surface area contributed by atoms with Crippen LogP contribution in [0, 0.1) is 5.92 Å². The van der Waals surface area contributed by atoms with Crippen LogP contribution in [0.5, 0.6) is 0 Å². The minimum absolute atomic E-state index is 0.0592. The van der Waals surface area contributed by atoms with Gasteiger partial charge in [0.25, 0.3) is 0 Å². The fourth-order valence-electron chi connectivity index (χ4n) is 2.31. The van der Waals surface area contributed by atoms with E-state index in [9.17, 15) is 9.59 Å². The van der Waals surface area contributed by atoms with E-state index < -0.39 is 11.5 Å². The number of hydrogen-bond acceptors (Lipinski definition) is 2. The molecule has 0 unspecified atom stereocenters. The smallest absolute Gasteiger partial charge is 0.329 e. The molecule has 0 saturated heterocycles. The summed E-state index contributed by atoms with van der Waals surface area (Å²) in [6.45, 7) is 5.68. The molecule has 0 aromatic rings. The fraction of sp³-hybridized carbons (Fsp3) is 0.800. The molecule has 0 bridgehead atoms. The second-order valence-electron chi connectivity index (χ2n) is 4.46. The van der Waals surface area contributed by atoms with Gasteiger partial charge < -0.3 is 10.0 Å². The second-order valence-corrected chi connectivity index (χ2v) is 4.46. The molecular weight excluding hydrogens is 182 g/mol. The first-order valence-electron chi connectivity index (χ1n) is 4.91. The van der Waals surface area contributed by atoms with Crippen LogP contribution in [0.4, 0.5) is 0 Å². The Kier molecular flexibility index (Phi) is 2.83. The zero-order chi connectivity index (χ0) is 10.9. The van der Waals surface area contributed by atoms with E-state index in [4.69, 9.17) is 5.11 Å². The minimum atomic E-state index is -0.935. The van der Waals surface area contributed by atoms with Crippen molar-refractivity contribution < 1.29 is 14.7 Å². The average molecular weight is 199 g/mol. The summed E-state index contributed by atoms with van der Waals surface area (Å²) >= 11 is 0. The van der Waals surface area contributed by atoms with Crippen LogP contribution in [0.25, 0.3) is 0 Å². The Balaban J connectivity index is 2.88. The zero-order valence-electron chi connectivity index (χ0n) is 8.86. The molecule has 1 rings (SSSR count). The van der Waals surface area contributed by atoms with Crippen LogP contribution in [-0.4, -0.2) is 34.0 Å². The number of rotatable bonds is 4. The lowest BCUT2D eigenvalue weighted by Gasteiger charge is -2.50. The summed E-state index contributed by atoms with van der Waals surface area (Å²) in [6, 6.07) is -0.0592. The summed E-state index contributed by atoms with van der Waals surface area (Å²) in [7, 11) is 0. The van der Waals surface area contributed by atoms with E-state index in [0.29, 0.717) is 25.2 Å². The number of nitrogens with zero attached hydrogens (tertiary/aromatic N) is 1. The van der Waals surface area contributed by atoms with Crippen molar-refractivity contribution >= 4 is 12.4 Å². The lowest BCUT2D eigenvalue weighted by molar-refractivity contribution is -0.167. The van der Waals surface area contributed by atoms with Crippen molar-refractivity contribution in [2.75, 3.05) is 0 Å². The predicted octanol–water partition coefficient (Wildman–Crippen LogP) is 1.11. The average Bonchev–Trinajstić information content (AvgIpc) is 2.00. The maximum absolute atomic E-state index is 11.2. The minimum Gasteiger partial charge on any atom is -0.479 e. The van der Waals surface area contributed by atoms with Crippen molar-refractivity contribution in [1.82, 2.24) is 4.90 Å². The summed E-state index contributed by atoms with van der Waals surface area (Å²) in [5, 5.41) is 9.15. The topological polar surface area (TPSA) is 57.6 Å². The molecule has 80 valence electrons. The van der Waals surface area contributed by atoms with Gasteiger partial charge in [-0.1, -0.05) is 6.92 Å². The van der Waals surface area contributed by atoms with Crippen LogP contribution in [0.3, 0.4) is 0 Å². The lowest BCUT2D eigenvalue weighted by Crippen LogP contribution is -2.63. The number of amides is 1. The van der Waals surface area contributed by atoms with Crippen LogP contribution in [0.15, 0.2) is 0 Å². The molecule has 1 aliphatic rings. The number of carbonyl (C=O) groups is 2. The van der Waals surface area contributed by atoms with Crippen LogP contribution >= 0.6 is 0 Å². The first-order valence-corrected chi connectivity index (χ1v) is 4.91. The van der Waals surface area contributed by atoms with E-state index >= 15 is 0 Å². The van der Waals surface area contributed by atoms with Gasteiger partial charge in [-0.3, -0.25) is 4.79 Å². The summed E-state index contributed by atoms with van der Waals surface area (Å²) in [4.78, 5) is 23.4. The molecule has 4 heteroatoms. The molecule has 0 aromatic heterocycles. The van der Waals surface area contributed by atoms with Crippen molar-refractivity contribution in [2.24, 2.45) is 5.92 Å². The summed E-state index contributed by atoms with van der Waals surface area (Å²) in [6.07, 6.45) is 1.79. The van der Waals surface area contributed by atoms with E-state index in [1.807, 2.05) is 20.8 Å². The number of carboxylic acids is 1. The van der Waals surface area contributed by atoms with Gasteiger partial charge in [0.1, 0.15) is 5.54 Å². The highest BCUT2D eigenvalue weighted by Crippen LogP contribution is 2.42. The molecule has 1 amide bonds. The summed E-state index contributed by atoms with van der Waals surface area (Å²) < 4.78 is 0. The fourth-order valence-corrected chi connectivity index (χ4v) is 2.31. The van der Waals surface area contributed by atoms with Gasteiger partial charge >= 0.3 is 5.97 Å². The first-order chi connectivity index (χ1) is 6.44. The van der Waals surface area contributed by atoms with Gasteiger partial charge in [0.15, 0.2) is 0 Å². The van der Waals surface area contributed by atoms with E-state index in [-0.39, 0.29) is 6.04 Å². The Bertz CT molecular complexity index is 244. The quantitative estimate of drug-likeness (QED) is 0.690. The Hall–Kier alpha value is -1.06. The van der Waals surface area contributed by atoms with Gasteiger partial charge in [-0.15, -0.1) is 0 Å². The van der Waals surface area contributed by atoms with Crippen molar-refractivity contribution in [3.63, 3.8) is 0 Å². The normalized spacial score (nSPS) is 31.0. The number of hydrogen-bond donors (Lipinski definition) is 1. The third-order valence-electron chi connectivity index (χ3n) is 2.93. The van der Waals surface area contributed by atoms with Crippen LogP contribution in [-0.2, 0) is 9.59 Å². The maximum Gasteiger partial charge on any atom is 0.329 e. The Morgan fingerprint density at radius 1 is 1.57 bits per heavy atom. The molecule has 0 heterocycles. The van der Waals surface area contributed by atoms with E-state index in [2.05, 4.69) is 0 Å². The van der Waals surface area contributed by atoms with Gasteiger partial charge in [0.2, 0.25) is 6.41 Å². The first kappa shape index (κ1) is 11.0. The Morgan fingerprint density at radius 3 is 2.29 bits per heavy atom. The number of carboxylic acid groups (broad SMARTS) is 1. The molecule has 1 saturated carbocycles. The monoisotopic (exact) mass is 199 g/mol. The van der Waals surface area contributed by atoms with Gasteiger partial charge in [-0.25, -0.2) is 4.79 Å². The summed E-state index contributed by atoms with van der Waals surface area (Å²) in [5.74, 6) is -0.483. The molecule has 4 nitrogen and oxygen atoms in total. The van der Waals surface area contributed by atoms with Gasteiger partial charge in [-0.05, 0) is 32.6 Å². The lowest BCUT2D eigenvalue weighted by atomic mass is 9.68. The molecule has 0 atom stereocenters. The van der Waals surface area contributed by atoms with E-state index in [0.717, 1.165) is 0 Å². The zero-order valence-corrected chi connectivity index (χ0v) is 8.86. The van der Waals surface area contributed by atoms with Gasteiger partial charge in [0, 0.05) is 6.04 Å². The van der Waals surface area contributed by atoms with Crippen LogP contribution < -0.4 is 0 Å². The van der Waals surface area contributed by atoms with E-state index in [1.54, 1.807) is 0 Å². The van der Waals surface area contributed by atoms with Crippen molar-refractivity contribution in [2.45, 2.75) is 45.2 Å². The van der Waals surface area contributed by atoms with Gasteiger partial charge in [0.05, 0.1) is 0 Å². The van der Waals surface area contributed by atoms with Crippen LogP contribution in [0.2, 0.25) is 0 Å². The molecular formula is C10H17NO3. The standard InChI is InChI=1S/C10H17NO3/c1-7(2)11(6-12)10(9(13)14)4-8(3)5-10/h6-8H,4-5H2,1-3H3,(H,13,14). The third kappa shape index (κ3) is 1.49. The number of aliphatic carboxylic acids is 1. The molecule has 0 aromatic carbocycles. The molecule has 1 fully saturated rings. The second kappa shape index (κ2) is 3.59. The van der Waals surface area contributed by atoms with Crippen LogP contribution in [0.1, 0.15) is 33.6 Å². The highest BCUT2D eigenvalue weighted by molar-refractivity contribution is 5.83. The molecule has 1 N–H and O–H groups in total. The largest absolute Gasteiger partial charge is 0.479 e. The van der Waals surface area contributed by atoms with E-state index in [1.165, 1.54) is 4.90 Å². The molecule has 0 aliphatic heterocycles. The highest BCUT2D eigenvalue weighted by atomic mass is 16.4. The van der Waals surface area contributed by atoms with Crippen molar-refractivity contribution in [3.8, 4) is 0 Å². The highest BCUT2D eigenvalue weighted by Gasteiger charge is 2.53. The molecule has 1 aliphatic carbocycles. The van der Waals surface area contributed by atoms with Crippen molar-refractivity contribution in [3.05, 3.63) is 0 Å².